The van der Waals surface area contributed by atoms with E-state index in [9.17, 15) is 4.39 Å². The van der Waals surface area contributed by atoms with Crippen molar-refractivity contribution in [1.29, 1.82) is 0 Å². The van der Waals surface area contributed by atoms with Crippen molar-refractivity contribution in [2.75, 3.05) is 5.75 Å². The van der Waals surface area contributed by atoms with Gasteiger partial charge in [0, 0.05) is 16.2 Å². The molecular weight excluding hydrogens is 207 g/mol. The molecule has 0 unspecified atom stereocenters. The van der Waals surface area contributed by atoms with Crippen molar-refractivity contribution in [3.8, 4) is 12.3 Å². The Morgan fingerprint density at radius 3 is 2.53 bits per heavy atom. The fourth-order valence-corrected chi connectivity index (χ4v) is 1.95. The van der Waals surface area contributed by atoms with Gasteiger partial charge < -0.3 is 0 Å². The molecule has 80 valence electrons. The van der Waals surface area contributed by atoms with Crippen LogP contribution < -0.4 is 0 Å². The molecule has 0 N–H and O–H groups in total. The van der Waals surface area contributed by atoms with Crippen LogP contribution in [-0.4, -0.2) is 5.75 Å². The fraction of sp³-hybridized carbons (Fsp3) is 0.385. The highest BCUT2D eigenvalue weighted by atomic mass is 32.2. The summed E-state index contributed by atoms with van der Waals surface area (Å²) in [6.07, 6.45) is 5.19. The third-order valence-electron chi connectivity index (χ3n) is 1.76. The first kappa shape index (κ1) is 12.1. The number of hydrogen-bond acceptors (Lipinski definition) is 1. The first-order chi connectivity index (χ1) is 6.92. The Labute approximate surface area is 95.3 Å². The number of rotatable bonds is 2. The third kappa shape index (κ3) is 3.97. The van der Waals surface area contributed by atoms with E-state index in [-0.39, 0.29) is 11.2 Å². The van der Waals surface area contributed by atoms with Crippen LogP contribution >= 0.6 is 11.8 Å². The summed E-state index contributed by atoms with van der Waals surface area (Å²) in [5.41, 5.74) is 0.787. The first-order valence-corrected chi connectivity index (χ1v) is 5.80. The molecule has 0 aromatic heterocycles. The van der Waals surface area contributed by atoms with Crippen LogP contribution in [0.2, 0.25) is 0 Å². The van der Waals surface area contributed by atoms with Gasteiger partial charge in [-0.05, 0) is 23.6 Å². The van der Waals surface area contributed by atoms with Crippen LogP contribution in [0.3, 0.4) is 0 Å². The summed E-state index contributed by atoms with van der Waals surface area (Å²) in [4.78, 5) is 0.670. The molecule has 0 radical (unpaired) electrons. The fourth-order valence-electron chi connectivity index (χ4n) is 1.00. The van der Waals surface area contributed by atoms with E-state index in [1.807, 2.05) is 0 Å². The molecule has 1 aromatic carbocycles. The molecule has 0 heterocycles. The molecule has 0 amide bonds. The molecule has 0 atom stereocenters. The molecule has 0 aliphatic heterocycles. The highest BCUT2D eigenvalue weighted by molar-refractivity contribution is 7.99. The van der Waals surface area contributed by atoms with Gasteiger partial charge in [-0.3, -0.25) is 0 Å². The van der Waals surface area contributed by atoms with Crippen LogP contribution in [0, 0.1) is 23.6 Å². The Bertz CT molecular complexity index is 383. The topological polar surface area (TPSA) is 0 Å². The van der Waals surface area contributed by atoms with E-state index in [4.69, 9.17) is 6.42 Å². The lowest BCUT2D eigenvalue weighted by Gasteiger charge is -2.17. The predicted molar refractivity (Wildman–Crippen MR) is 64.5 cm³/mol. The van der Waals surface area contributed by atoms with Crippen LogP contribution in [0.5, 0.6) is 0 Å². The normalized spacial score (nSPS) is 11.1. The summed E-state index contributed by atoms with van der Waals surface area (Å²) >= 11 is 1.53. The lowest BCUT2D eigenvalue weighted by molar-refractivity contribution is 0.480. The second-order valence-electron chi connectivity index (χ2n) is 4.64. The minimum atomic E-state index is -0.222. The van der Waals surface area contributed by atoms with Gasteiger partial charge in [-0.15, -0.1) is 18.2 Å². The molecule has 2 heteroatoms. The Morgan fingerprint density at radius 1 is 1.40 bits per heavy atom. The molecule has 15 heavy (non-hydrogen) atoms. The lowest BCUT2D eigenvalue weighted by atomic mass is 10.0. The van der Waals surface area contributed by atoms with E-state index in [0.717, 1.165) is 5.75 Å². The number of halogens is 1. The summed E-state index contributed by atoms with van der Waals surface area (Å²) in [5.74, 6) is 3.08. The molecule has 1 aromatic rings. The minimum absolute atomic E-state index is 0.196. The van der Waals surface area contributed by atoms with E-state index >= 15 is 0 Å². The number of thioether (sulfide) groups is 1. The monoisotopic (exact) mass is 222 g/mol. The predicted octanol–water partition coefficient (Wildman–Crippen LogP) is 3.95. The van der Waals surface area contributed by atoms with Crippen LogP contribution in [0.15, 0.2) is 23.1 Å². The summed E-state index contributed by atoms with van der Waals surface area (Å²) in [6.45, 7) is 6.40. The SMILES string of the molecule is C#Cc1ccc(SCC(C)(C)C)c(F)c1. The Morgan fingerprint density at radius 2 is 2.07 bits per heavy atom. The van der Waals surface area contributed by atoms with Crippen LogP contribution in [0.25, 0.3) is 0 Å². The molecule has 0 spiro atoms. The van der Waals surface area contributed by atoms with E-state index in [0.29, 0.717) is 10.5 Å². The van der Waals surface area contributed by atoms with E-state index < -0.39 is 0 Å². The van der Waals surface area contributed by atoms with Gasteiger partial charge in [0.25, 0.3) is 0 Å². The van der Waals surface area contributed by atoms with Crippen molar-refractivity contribution >= 4 is 11.8 Å². The Kier molecular flexibility index (Phi) is 3.82. The molecule has 0 fully saturated rings. The van der Waals surface area contributed by atoms with Gasteiger partial charge in [-0.2, -0.15) is 0 Å². The summed E-state index contributed by atoms with van der Waals surface area (Å²) in [7, 11) is 0. The summed E-state index contributed by atoms with van der Waals surface area (Å²) in [5, 5.41) is 0. The first-order valence-electron chi connectivity index (χ1n) is 4.81. The van der Waals surface area contributed by atoms with Crippen LogP contribution in [0.4, 0.5) is 4.39 Å². The maximum absolute atomic E-state index is 13.5. The van der Waals surface area contributed by atoms with Gasteiger partial charge in [-0.25, -0.2) is 4.39 Å². The van der Waals surface area contributed by atoms with Crippen molar-refractivity contribution < 1.29 is 4.39 Å². The van der Waals surface area contributed by atoms with Gasteiger partial charge in [0.05, 0.1) is 0 Å². The van der Waals surface area contributed by atoms with E-state index in [2.05, 4.69) is 26.7 Å². The van der Waals surface area contributed by atoms with Crippen LogP contribution in [0.1, 0.15) is 26.3 Å². The molecule has 0 saturated heterocycles. The molecule has 0 bridgehead atoms. The van der Waals surface area contributed by atoms with E-state index in [1.165, 1.54) is 17.8 Å². The zero-order chi connectivity index (χ0) is 11.5. The lowest BCUT2D eigenvalue weighted by Crippen LogP contribution is -2.08. The molecule has 0 nitrogen and oxygen atoms in total. The van der Waals surface area contributed by atoms with Crippen molar-refractivity contribution in [1.82, 2.24) is 0 Å². The number of hydrogen-bond donors (Lipinski definition) is 0. The van der Waals surface area contributed by atoms with Gasteiger partial charge in [0.2, 0.25) is 0 Å². The second kappa shape index (κ2) is 4.72. The van der Waals surface area contributed by atoms with Gasteiger partial charge in [-0.1, -0.05) is 26.7 Å². The number of terminal acetylenes is 1. The summed E-state index contributed by atoms with van der Waals surface area (Å²) in [6, 6.07) is 4.93. The van der Waals surface area contributed by atoms with Gasteiger partial charge >= 0.3 is 0 Å². The molecular formula is C13H15FS. The molecule has 0 aliphatic carbocycles. The Hall–Kier alpha value is -0.940. The highest BCUT2D eigenvalue weighted by Gasteiger charge is 2.12. The third-order valence-corrected chi connectivity index (χ3v) is 3.41. The molecule has 1 rings (SSSR count). The standard InChI is InChI=1S/C13H15FS/c1-5-10-6-7-12(11(14)8-10)15-9-13(2,3)4/h1,6-8H,9H2,2-4H3. The second-order valence-corrected chi connectivity index (χ2v) is 5.66. The molecule has 0 saturated carbocycles. The zero-order valence-corrected chi connectivity index (χ0v) is 10.1. The van der Waals surface area contributed by atoms with Crippen molar-refractivity contribution in [2.24, 2.45) is 5.41 Å². The smallest absolute Gasteiger partial charge is 0.137 e. The quantitative estimate of drug-likeness (QED) is 0.539. The average molecular weight is 222 g/mol. The minimum Gasteiger partial charge on any atom is -0.206 e. The summed E-state index contributed by atoms with van der Waals surface area (Å²) < 4.78 is 13.5. The van der Waals surface area contributed by atoms with Gasteiger partial charge in [0.1, 0.15) is 5.82 Å². The zero-order valence-electron chi connectivity index (χ0n) is 9.30. The largest absolute Gasteiger partial charge is 0.206 e. The van der Waals surface area contributed by atoms with Crippen molar-refractivity contribution in [2.45, 2.75) is 25.7 Å². The highest BCUT2D eigenvalue weighted by Crippen LogP contribution is 2.29. The van der Waals surface area contributed by atoms with Gasteiger partial charge in [0.15, 0.2) is 0 Å². The van der Waals surface area contributed by atoms with E-state index in [1.54, 1.807) is 12.1 Å². The van der Waals surface area contributed by atoms with Crippen LogP contribution in [-0.2, 0) is 0 Å². The Balaban J connectivity index is 2.76. The van der Waals surface area contributed by atoms with Crippen molar-refractivity contribution in [3.05, 3.63) is 29.6 Å². The average Bonchev–Trinajstić information content (AvgIpc) is 2.14. The maximum atomic E-state index is 13.5. The number of benzene rings is 1. The molecule has 0 aliphatic rings. The maximum Gasteiger partial charge on any atom is 0.137 e. The van der Waals surface area contributed by atoms with Crippen molar-refractivity contribution in [3.63, 3.8) is 0 Å².